The van der Waals surface area contributed by atoms with Gasteiger partial charge < -0.3 is 5.73 Å². The number of H-pyrrole nitrogens is 1. The van der Waals surface area contributed by atoms with Gasteiger partial charge in [0.25, 0.3) is 0 Å². The number of rotatable bonds is 4. The van der Waals surface area contributed by atoms with Crippen LogP contribution in [-0.2, 0) is 10.0 Å². The smallest absolute Gasteiger partial charge is 0.241 e. The van der Waals surface area contributed by atoms with Gasteiger partial charge in [-0.3, -0.25) is 5.10 Å². The Morgan fingerprint density at radius 3 is 2.65 bits per heavy atom. The number of hydrogen-bond acceptors (Lipinski definition) is 5. The van der Waals surface area contributed by atoms with E-state index in [4.69, 9.17) is 5.73 Å². The van der Waals surface area contributed by atoms with Crippen LogP contribution < -0.4 is 10.5 Å². The highest BCUT2D eigenvalue weighted by Crippen LogP contribution is 2.25. The van der Waals surface area contributed by atoms with Crippen LogP contribution in [0.2, 0.25) is 0 Å². The molecule has 7 nitrogen and oxygen atoms in total. The quantitative estimate of drug-likeness (QED) is 0.729. The van der Waals surface area contributed by atoms with Crippen LogP contribution in [0.25, 0.3) is 0 Å². The van der Waals surface area contributed by atoms with E-state index >= 15 is 0 Å². The van der Waals surface area contributed by atoms with Crippen molar-refractivity contribution in [3.63, 3.8) is 0 Å². The number of aryl methyl sites for hydroxylation is 1. The van der Waals surface area contributed by atoms with Crippen LogP contribution in [0.15, 0.2) is 23.4 Å². The first-order valence-electron chi connectivity index (χ1n) is 6.06. The third-order valence-electron chi connectivity index (χ3n) is 3.09. The molecule has 2 rings (SSSR count). The van der Waals surface area contributed by atoms with Gasteiger partial charge in [-0.25, -0.2) is 18.1 Å². The Morgan fingerprint density at radius 1 is 1.35 bits per heavy atom. The predicted molar refractivity (Wildman–Crippen MR) is 75.4 cm³/mol. The number of anilines is 1. The molecule has 0 radical (unpaired) electrons. The highest BCUT2D eigenvalue weighted by Gasteiger charge is 2.24. The molecular weight excluding hydrogens is 278 g/mol. The van der Waals surface area contributed by atoms with E-state index in [0.717, 1.165) is 0 Å². The molecule has 8 heteroatoms. The van der Waals surface area contributed by atoms with E-state index in [2.05, 4.69) is 19.9 Å². The van der Waals surface area contributed by atoms with Crippen molar-refractivity contribution >= 4 is 15.7 Å². The highest BCUT2D eigenvalue weighted by molar-refractivity contribution is 7.89. The lowest BCUT2D eigenvalue weighted by molar-refractivity contribution is 0.559. The molecule has 1 aromatic heterocycles. The molecule has 0 aliphatic carbocycles. The largest absolute Gasteiger partial charge is 0.398 e. The zero-order chi connectivity index (χ0) is 14.9. The molecule has 4 N–H and O–H groups in total. The van der Waals surface area contributed by atoms with Gasteiger partial charge in [0.15, 0.2) is 0 Å². The van der Waals surface area contributed by atoms with Crippen molar-refractivity contribution in [3.05, 3.63) is 35.4 Å². The molecule has 0 spiro atoms. The van der Waals surface area contributed by atoms with Gasteiger partial charge in [-0.15, -0.1) is 0 Å². The van der Waals surface area contributed by atoms with E-state index in [1.807, 2.05) is 0 Å². The van der Waals surface area contributed by atoms with Gasteiger partial charge in [0.05, 0.1) is 10.9 Å². The number of nitrogens with two attached hydrogens (primary N) is 1. The summed E-state index contributed by atoms with van der Waals surface area (Å²) in [6, 6.07) is 2.88. The van der Waals surface area contributed by atoms with Crippen molar-refractivity contribution in [1.82, 2.24) is 19.9 Å². The summed E-state index contributed by atoms with van der Waals surface area (Å²) in [4.78, 5) is 4.15. The fraction of sp³-hybridized carbons (Fsp3) is 0.333. The lowest BCUT2D eigenvalue weighted by atomic mass is 10.1. The zero-order valence-electron chi connectivity index (χ0n) is 11.5. The topological polar surface area (TPSA) is 114 Å². The fourth-order valence-electron chi connectivity index (χ4n) is 2.03. The second-order valence-electron chi connectivity index (χ2n) is 4.64. The van der Waals surface area contributed by atoms with Crippen molar-refractivity contribution in [2.24, 2.45) is 0 Å². The minimum atomic E-state index is -3.69. The molecule has 1 atom stereocenters. The summed E-state index contributed by atoms with van der Waals surface area (Å²) in [5.41, 5.74) is 7.43. The van der Waals surface area contributed by atoms with Gasteiger partial charge in [-0.2, -0.15) is 5.10 Å². The third-order valence-corrected chi connectivity index (χ3v) is 4.92. The molecule has 0 saturated carbocycles. The van der Waals surface area contributed by atoms with Crippen LogP contribution in [0, 0.1) is 13.8 Å². The predicted octanol–water partition coefficient (Wildman–Crippen LogP) is 1.04. The van der Waals surface area contributed by atoms with Crippen LogP contribution in [0.1, 0.15) is 29.9 Å². The van der Waals surface area contributed by atoms with E-state index < -0.39 is 16.1 Å². The number of aromatic amines is 1. The van der Waals surface area contributed by atoms with E-state index in [0.29, 0.717) is 22.6 Å². The maximum absolute atomic E-state index is 12.5. The van der Waals surface area contributed by atoms with Gasteiger partial charge in [-0.1, -0.05) is 6.07 Å². The van der Waals surface area contributed by atoms with E-state index in [1.165, 1.54) is 6.33 Å². The van der Waals surface area contributed by atoms with E-state index in [-0.39, 0.29) is 4.90 Å². The summed E-state index contributed by atoms with van der Waals surface area (Å²) < 4.78 is 27.6. The molecule has 1 unspecified atom stereocenters. The summed E-state index contributed by atoms with van der Waals surface area (Å²) in [7, 11) is -3.69. The molecule has 0 aliphatic heterocycles. The molecular formula is C12H17N5O2S. The highest BCUT2D eigenvalue weighted by atomic mass is 32.2. The first-order valence-corrected chi connectivity index (χ1v) is 7.54. The Hall–Kier alpha value is -1.93. The number of nitrogens with zero attached hydrogens (tertiary/aromatic N) is 2. The van der Waals surface area contributed by atoms with Crippen molar-refractivity contribution < 1.29 is 8.42 Å². The first kappa shape index (κ1) is 14.5. The molecule has 0 bridgehead atoms. The molecule has 0 fully saturated rings. The minimum absolute atomic E-state index is 0.212. The first-order chi connectivity index (χ1) is 9.33. The van der Waals surface area contributed by atoms with E-state index in [9.17, 15) is 8.42 Å². The van der Waals surface area contributed by atoms with Crippen LogP contribution in [-0.4, -0.2) is 23.6 Å². The van der Waals surface area contributed by atoms with Crippen molar-refractivity contribution in [1.29, 1.82) is 0 Å². The molecule has 0 amide bonds. The second-order valence-corrected chi connectivity index (χ2v) is 6.29. The molecule has 20 heavy (non-hydrogen) atoms. The summed E-state index contributed by atoms with van der Waals surface area (Å²) in [5, 5.41) is 6.34. The number of hydrogen-bond donors (Lipinski definition) is 3. The number of nitrogens with one attached hydrogen (secondary N) is 2. The summed E-state index contributed by atoms with van der Waals surface area (Å²) in [6.45, 7) is 5.12. The van der Waals surface area contributed by atoms with Gasteiger partial charge in [0.1, 0.15) is 12.2 Å². The number of aromatic nitrogens is 3. The molecule has 1 aromatic carbocycles. The Morgan fingerprint density at radius 2 is 2.05 bits per heavy atom. The SMILES string of the molecule is Cc1ccc(N)c(C)c1S(=O)(=O)NC(C)c1ncn[nH]1. The second kappa shape index (κ2) is 5.22. The van der Waals surface area contributed by atoms with Gasteiger partial charge in [-0.05, 0) is 38.0 Å². The van der Waals surface area contributed by atoms with Gasteiger partial charge >= 0.3 is 0 Å². The maximum atomic E-state index is 12.5. The van der Waals surface area contributed by atoms with Crippen molar-refractivity contribution in [2.45, 2.75) is 31.7 Å². The summed E-state index contributed by atoms with van der Waals surface area (Å²) in [6.07, 6.45) is 1.33. The Kier molecular flexibility index (Phi) is 3.78. The standard InChI is InChI=1S/C12H17N5O2S/c1-7-4-5-10(13)8(2)11(7)20(18,19)17-9(3)12-14-6-15-16-12/h4-6,9,17H,13H2,1-3H3,(H,14,15,16). The van der Waals surface area contributed by atoms with Crippen LogP contribution >= 0.6 is 0 Å². The number of benzene rings is 1. The average molecular weight is 295 g/mol. The van der Waals surface area contributed by atoms with Crippen molar-refractivity contribution in [3.8, 4) is 0 Å². The third kappa shape index (κ3) is 2.66. The molecule has 0 saturated heterocycles. The van der Waals surface area contributed by atoms with Crippen LogP contribution in [0.5, 0.6) is 0 Å². The van der Waals surface area contributed by atoms with Crippen molar-refractivity contribution in [2.75, 3.05) is 5.73 Å². The fourth-order valence-corrected chi connectivity index (χ4v) is 3.73. The molecule has 1 heterocycles. The molecule has 0 aliphatic rings. The summed E-state index contributed by atoms with van der Waals surface area (Å²) >= 11 is 0. The molecule has 2 aromatic rings. The molecule has 108 valence electrons. The minimum Gasteiger partial charge on any atom is -0.398 e. The lowest BCUT2D eigenvalue weighted by Gasteiger charge is -2.16. The Balaban J connectivity index is 2.39. The normalized spacial score (nSPS) is 13.3. The van der Waals surface area contributed by atoms with Gasteiger partial charge in [0.2, 0.25) is 10.0 Å². The summed E-state index contributed by atoms with van der Waals surface area (Å²) in [5.74, 6) is 0.452. The Bertz CT molecular complexity index is 710. The number of sulfonamides is 1. The van der Waals surface area contributed by atoms with Gasteiger partial charge in [0, 0.05) is 5.69 Å². The van der Waals surface area contributed by atoms with E-state index in [1.54, 1.807) is 32.9 Å². The maximum Gasteiger partial charge on any atom is 0.241 e. The monoisotopic (exact) mass is 295 g/mol. The number of nitrogen functional groups attached to an aromatic ring is 1. The van der Waals surface area contributed by atoms with Crippen LogP contribution in [0.4, 0.5) is 5.69 Å². The zero-order valence-corrected chi connectivity index (χ0v) is 12.3. The average Bonchev–Trinajstić information content (AvgIpc) is 2.87. The van der Waals surface area contributed by atoms with Crippen LogP contribution in [0.3, 0.4) is 0 Å². The Labute approximate surface area is 117 Å². The lowest BCUT2D eigenvalue weighted by Crippen LogP contribution is -2.29.